The summed E-state index contributed by atoms with van der Waals surface area (Å²) in [6.45, 7) is 0.463. The fourth-order valence-electron chi connectivity index (χ4n) is 2.96. The maximum absolute atomic E-state index is 12.8. The van der Waals surface area contributed by atoms with Crippen molar-refractivity contribution in [1.82, 2.24) is 5.32 Å². The van der Waals surface area contributed by atoms with Gasteiger partial charge in [0, 0.05) is 12.6 Å². The summed E-state index contributed by atoms with van der Waals surface area (Å²) in [5.41, 5.74) is -0.584. The van der Waals surface area contributed by atoms with E-state index in [1.165, 1.54) is 12.1 Å². The van der Waals surface area contributed by atoms with Gasteiger partial charge in [0.25, 0.3) is 0 Å². The lowest BCUT2D eigenvalue weighted by molar-refractivity contribution is -0.137. The first-order valence-corrected chi connectivity index (χ1v) is 7.50. The molecule has 0 saturated heterocycles. The van der Waals surface area contributed by atoms with Crippen LogP contribution in [0.15, 0.2) is 24.3 Å². The van der Waals surface area contributed by atoms with Gasteiger partial charge in [-0.15, -0.1) is 0 Å². The van der Waals surface area contributed by atoms with Crippen molar-refractivity contribution >= 4 is 0 Å². The van der Waals surface area contributed by atoms with Crippen LogP contribution >= 0.6 is 0 Å². The number of halogens is 3. The third kappa shape index (κ3) is 3.40. The summed E-state index contributed by atoms with van der Waals surface area (Å²) >= 11 is 0. The molecule has 2 saturated carbocycles. The molecule has 3 rings (SSSR count). The molecule has 1 aromatic rings. The Morgan fingerprint density at radius 3 is 2.52 bits per heavy atom. The van der Waals surface area contributed by atoms with Gasteiger partial charge in [0.1, 0.15) is 0 Å². The van der Waals surface area contributed by atoms with Crippen molar-refractivity contribution in [3.05, 3.63) is 35.4 Å². The highest BCUT2D eigenvalue weighted by atomic mass is 19.4. The predicted octanol–water partition coefficient (Wildman–Crippen LogP) is 3.66. The van der Waals surface area contributed by atoms with Crippen LogP contribution in [-0.2, 0) is 6.18 Å². The van der Waals surface area contributed by atoms with E-state index < -0.39 is 17.3 Å². The van der Waals surface area contributed by atoms with E-state index in [-0.39, 0.29) is 6.04 Å². The van der Waals surface area contributed by atoms with Gasteiger partial charge < -0.3 is 10.4 Å². The van der Waals surface area contributed by atoms with E-state index in [0.29, 0.717) is 18.0 Å². The molecule has 2 fully saturated rings. The minimum atomic E-state index is -4.31. The molecule has 2 nitrogen and oxygen atoms in total. The number of hydrogen-bond acceptors (Lipinski definition) is 2. The molecule has 1 atom stereocenters. The molecule has 0 aliphatic heterocycles. The van der Waals surface area contributed by atoms with E-state index in [4.69, 9.17) is 0 Å². The van der Waals surface area contributed by atoms with E-state index in [2.05, 4.69) is 5.32 Å². The smallest absolute Gasteiger partial charge is 0.389 e. The maximum Gasteiger partial charge on any atom is 0.416 e. The molecule has 1 aromatic carbocycles. The summed E-state index contributed by atoms with van der Waals surface area (Å²) in [5, 5.41) is 13.5. The fraction of sp³-hybridized carbons (Fsp3) is 0.625. The minimum absolute atomic E-state index is 0.0862. The minimum Gasteiger partial charge on any atom is -0.389 e. The first-order chi connectivity index (χ1) is 9.87. The average Bonchev–Trinajstić information content (AvgIpc) is 3.21. The molecule has 1 unspecified atom stereocenters. The Morgan fingerprint density at radius 2 is 2.00 bits per heavy atom. The lowest BCUT2D eigenvalue weighted by Crippen LogP contribution is -2.47. The number of hydrogen-bond donors (Lipinski definition) is 2. The molecule has 21 heavy (non-hydrogen) atoms. The summed E-state index contributed by atoms with van der Waals surface area (Å²) < 4.78 is 38.5. The van der Waals surface area contributed by atoms with Crippen molar-refractivity contribution in [2.45, 2.75) is 49.9 Å². The lowest BCUT2D eigenvalue weighted by Gasteiger charge is -2.38. The van der Waals surface area contributed by atoms with Crippen LogP contribution in [0.2, 0.25) is 0 Å². The molecule has 0 spiro atoms. The molecule has 2 N–H and O–H groups in total. The van der Waals surface area contributed by atoms with Gasteiger partial charge in [-0.25, -0.2) is 0 Å². The van der Waals surface area contributed by atoms with Gasteiger partial charge >= 0.3 is 6.18 Å². The highest BCUT2D eigenvalue weighted by Gasteiger charge is 2.38. The Hall–Kier alpha value is -1.07. The summed E-state index contributed by atoms with van der Waals surface area (Å²) in [7, 11) is 0. The second-order valence-electron chi connectivity index (χ2n) is 6.40. The molecule has 2 aliphatic carbocycles. The average molecular weight is 299 g/mol. The third-order valence-corrected chi connectivity index (χ3v) is 4.60. The van der Waals surface area contributed by atoms with Gasteiger partial charge in [-0.1, -0.05) is 12.1 Å². The topological polar surface area (TPSA) is 32.3 Å². The normalized spacial score (nSPS) is 22.7. The molecular weight excluding hydrogens is 279 g/mol. The highest BCUT2D eigenvalue weighted by molar-refractivity contribution is 5.29. The number of alkyl halides is 3. The lowest BCUT2D eigenvalue weighted by atomic mass is 9.80. The summed E-state index contributed by atoms with van der Waals surface area (Å²) in [6.07, 6.45) is 0.338. The first kappa shape index (κ1) is 14.9. The summed E-state index contributed by atoms with van der Waals surface area (Å²) in [6, 6.07) is 5.47. The van der Waals surface area contributed by atoms with Crippen LogP contribution in [0.25, 0.3) is 0 Å². The van der Waals surface area contributed by atoms with Gasteiger partial charge in [-0.05, 0) is 55.7 Å². The maximum atomic E-state index is 12.8. The number of aliphatic hydroxyl groups is 1. The number of nitrogens with one attached hydrogen (secondary N) is 1. The van der Waals surface area contributed by atoms with Crippen molar-refractivity contribution in [3.63, 3.8) is 0 Å². The Morgan fingerprint density at radius 1 is 1.29 bits per heavy atom. The molecule has 0 aromatic heterocycles. The largest absolute Gasteiger partial charge is 0.416 e. The van der Waals surface area contributed by atoms with Gasteiger partial charge in [0.15, 0.2) is 0 Å². The van der Waals surface area contributed by atoms with Crippen LogP contribution in [0.5, 0.6) is 0 Å². The van der Waals surface area contributed by atoms with Crippen LogP contribution in [0.4, 0.5) is 13.2 Å². The summed E-state index contributed by atoms with van der Waals surface area (Å²) in [4.78, 5) is 0. The molecule has 0 radical (unpaired) electrons. The quantitative estimate of drug-likeness (QED) is 0.869. The molecule has 0 heterocycles. The van der Waals surface area contributed by atoms with E-state index in [1.807, 2.05) is 0 Å². The Bertz CT molecular complexity index is 506. The number of benzene rings is 1. The van der Waals surface area contributed by atoms with Gasteiger partial charge in [-0.3, -0.25) is 0 Å². The second kappa shape index (κ2) is 5.29. The third-order valence-electron chi connectivity index (χ3n) is 4.60. The summed E-state index contributed by atoms with van der Waals surface area (Å²) in [5.74, 6) is 0.386. The van der Waals surface area contributed by atoms with Crippen LogP contribution in [0, 0.1) is 5.92 Å². The Balaban J connectivity index is 1.74. The Labute approximate surface area is 122 Å². The zero-order valence-corrected chi connectivity index (χ0v) is 11.8. The monoisotopic (exact) mass is 299 g/mol. The molecule has 0 bridgehead atoms. The molecule has 2 aliphatic rings. The molecule has 116 valence electrons. The van der Waals surface area contributed by atoms with Crippen molar-refractivity contribution in [2.75, 3.05) is 6.54 Å². The van der Waals surface area contributed by atoms with E-state index in [1.54, 1.807) is 6.07 Å². The van der Waals surface area contributed by atoms with Crippen LogP contribution in [0.3, 0.4) is 0 Å². The highest BCUT2D eigenvalue weighted by Crippen LogP contribution is 2.43. The van der Waals surface area contributed by atoms with Crippen LogP contribution < -0.4 is 5.32 Å². The van der Waals surface area contributed by atoms with Crippen molar-refractivity contribution in [3.8, 4) is 0 Å². The second-order valence-corrected chi connectivity index (χ2v) is 6.40. The van der Waals surface area contributed by atoms with Gasteiger partial charge in [-0.2, -0.15) is 13.2 Å². The fourth-order valence-corrected chi connectivity index (χ4v) is 2.96. The van der Waals surface area contributed by atoms with E-state index in [9.17, 15) is 18.3 Å². The standard InChI is InChI=1S/C16H20F3NO/c17-16(18,19)13-4-1-3-12(9-13)14(11-5-6-11)20-10-15(21)7-2-8-15/h1,3-4,9,11,14,20-21H,2,5-8,10H2. The van der Waals surface area contributed by atoms with Crippen molar-refractivity contribution in [2.24, 2.45) is 5.92 Å². The SMILES string of the molecule is OC1(CNC(c2cccc(C(F)(F)F)c2)C2CC2)CCC1. The van der Waals surface area contributed by atoms with Gasteiger partial charge in [0.05, 0.1) is 11.2 Å². The molecule has 0 amide bonds. The first-order valence-electron chi connectivity index (χ1n) is 7.50. The zero-order chi connectivity index (χ0) is 15.1. The number of rotatable bonds is 5. The molecular formula is C16H20F3NO. The van der Waals surface area contributed by atoms with Gasteiger partial charge in [0.2, 0.25) is 0 Å². The van der Waals surface area contributed by atoms with Crippen molar-refractivity contribution < 1.29 is 18.3 Å². The van der Waals surface area contributed by atoms with E-state index >= 15 is 0 Å². The Kier molecular flexibility index (Phi) is 3.74. The van der Waals surface area contributed by atoms with E-state index in [0.717, 1.165) is 38.2 Å². The molecule has 5 heteroatoms. The van der Waals surface area contributed by atoms with Crippen molar-refractivity contribution in [1.29, 1.82) is 0 Å². The predicted molar refractivity (Wildman–Crippen MR) is 73.7 cm³/mol. The van der Waals surface area contributed by atoms with Crippen LogP contribution in [0.1, 0.15) is 49.3 Å². The van der Waals surface area contributed by atoms with Crippen LogP contribution in [-0.4, -0.2) is 17.3 Å². The zero-order valence-electron chi connectivity index (χ0n) is 11.8.